The van der Waals surface area contributed by atoms with Crippen LogP contribution in [0.25, 0.3) is 16.1 Å². The van der Waals surface area contributed by atoms with E-state index in [0.29, 0.717) is 34.7 Å². The molecule has 27 heteroatoms. The van der Waals surface area contributed by atoms with Crippen molar-refractivity contribution < 1.29 is 45.4 Å². The Morgan fingerprint density at radius 2 is 1.30 bits per heavy atom. The van der Waals surface area contributed by atoms with Gasteiger partial charge in [0.05, 0.1) is 61.8 Å². The smallest absolute Gasteiger partial charge is 0.253 e. The molecule has 19 nitrogen and oxygen atoms in total. The van der Waals surface area contributed by atoms with E-state index >= 15 is 0 Å². The zero-order valence-electron chi connectivity index (χ0n) is 31.5. The van der Waals surface area contributed by atoms with Gasteiger partial charge in [0.25, 0.3) is 11.8 Å². The number of nitrogens with one attached hydrogen (secondary N) is 4. The largest absolute Gasteiger partial charge is 0.386 e. The predicted octanol–water partition coefficient (Wildman–Crippen LogP) is 2.27. The van der Waals surface area contributed by atoms with Crippen molar-refractivity contribution in [2.24, 2.45) is 10.8 Å². The highest BCUT2D eigenvalue weighted by atomic mass is 35.5. The van der Waals surface area contributed by atoms with Gasteiger partial charge in [-0.1, -0.05) is 105 Å². The monoisotopic (exact) mass is 961 g/mol. The Hall–Kier alpha value is -4.33. The summed E-state index contributed by atoms with van der Waals surface area (Å²) in [6.07, 6.45) is 10.4. The number of carbonyl (C=O) groups excluding carboxylic acids is 2. The Balaban J connectivity index is 0.000000941. The molecule has 0 unspecified atom stereocenters. The van der Waals surface area contributed by atoms with Crippen LogP contribution in [-0.4, -0.2) is 115 Å². The third-order valence-electron chi connectivity index (χ3n) is 6.65. The number of aliphatic hydroxyl groups is 2. The molecule has 2 aromatic carbocycles. The number of aliphatic hydroxyl groups excluding tert-OH is 2. The van der Waals surface area contributed by atoms with Crippen LogP contribution in [0.3, 0.4) is 0 Å². The minimum atomic E-state index is -3.35. The Kier molecular flexibility index (Phi) is 26.9. The van der Waals surface area contributed by atoms with Crippen LogP contribution in [0.5, 0.6) is 0 Å². The molecular formula is C33H41Cl4F2N11O8S2. The molecule has 0 radical (unpaired) electrons. The van der Waals surface area contributed by atoms with Gasteiger partial charge in [0.15, 0.2) is 9.67 Å². The van der Waals surface area contributed by atoms with Crippen LogP contribution < -0.4 is 25.8 Å². The molecule has 4 atom stereocenters. The second-order valence-electron chi connectivity index (χ2n) is 11.4. The Morgan fingerprint density at radius 3 is 1.63 bits per heavy atom. The Morgan fingerprint density at radius 1 is 0.867 bits per heavy atom. The maximum absolute atomic E-state index is 13.2. The van der Waals surface area contributed by atoms with E-state index in [1.54, 1.807) is 12.1 Å². The first kappa shape index (κ1) is 55.7. The summed E-state index contributed by atoms with van der Waals surface area (Å²) >= 11 is 21.5. The molecule has 0 bridgehead atoms. The lowest BCUT2D eigenvalue weighted by molar-refractivity contribution is -0.122. The van der Waals surface area contributed by atoms with Crippen molar-refractivity contribution in [3.8, 4) is 30.4 Å². The number of aromatic nitrogens is 3. The number of hydrogen-bond donors (Lipinski definition) is 7. The molecule has 0 aliphatic carbocycles. The maximum atomic E-state index is 13.2. The molecule has 3 rings (SSSR count). The first-order valence-corrected chi connectivity index (χ1v) is 21.9. The summed E-state index contributed by atoms with van der Waals surface area (Å²) in [7, 11) is -6.43. The number of amides is 2. The van der Waals surface area contributed by atoms with Crippen LogP contribution in [-0.2, 0) is 36.2 Å². The van der Waals surface area contributed by atoms with E-state index in [-0.39, 0.29) is 13.1 Å². The summed E-state index contributed by atoms with van der Waals surface area (Å²) in [6, 6.07) is 9.72. The quantitative estimate of drug-likeness (QED) is 0.0339. The van der Waals surface area contributed by atoms with E-state index in [4.69, 9.17) is 64.1 Å². The molecule has 0 spiro atoms. The van der Waals surface area contributed by atoms with Crippen molar-refractivity contribution in [1.29, 1.82) is 0 Å². The number of alkyl halides is 6. The van der Waals surface area contributed by atoms with E-state index in [2.05, 4.69) is 58.7 Å². The van der Waals surface area contributed by atoms with E-state index in [1.165, 1.54) is 47.3 Å². The van der Waals surface area contributed by atoms with E-state index in [1.807, 2.05) is 0 Å². The molecule has 0 saturated heterocycles. The molecule has 0 aliphatic heterocycles. The van der Waals surface area contributed by atoms with Crippen LogP contribution in [0.1, 0.15) is 29.0 Å². The molecular weight excluding hydrogens is 922 g/mol. The molecule has 0 aliphatic rings. The number of nitrogens with two attached hydrogens (primary N) is 1. The van der Waals surface area contributed by atoms with Crippen molar-refractivity contribution in [3.63, 3.8) is 0 Å². The van der Waals surface area contributed by atoms with Gasteiger partial charge in [-0.2, -0.15) is 0 Å². The van der Waals surface area contributed by atoms with E-state index < -0.39 is 79.2 Å². The standard InChI is InChI=1S/C15H18Cl2FN5O4S.C11H11Cl2FN4O2.C4H7NO2S.C3H5N/c1-28(26,27)19-7-10-8-23(22-21-10)11-4-2-9(3-5-11)13(24)12(6-18)20-15(25)14(16)17;12-10(13)11(20)16-8(5-14)9(19)6-1-3-7(4-2-6)17-18-15;1-3-4-5-8(2,6)7;1-2-3-4/h2-5,8,12-14,19,24H,6-7H2,1H3,(H,20,25);1-4,8-10,19H,5H2,(H,16,20);1,5H,4H2,2H3;1H,3-4H2/t12-,13-;8-,9-;;/m11../s1. The Bertz CT molecular complexity index is 2140. The van der Waals surface area contributed by atoms with Crippen molar-refractivity contribution in [2.75, 3.05) is 39.0 Å². The summed E-state index contributed by atoms with van der Waals surface area (Å²) in [5.74, 6) is 2.75. The minimum absolute atomic E-state index is 0.00432. The van der Waals surface area contributed by atoms with Crippen molar-refractivity contribution in [1.82, 2.24) is 35.1 Å². The number of benzene rings is 2. The highest BCUT2D eigenvalue weighted by molar-refractivity contribution is 7.89. The fourth-order valence-corrected chi connectivity index (χ4v) is 4.86. The predicted molar refractivity (Wildman–Crippen MR) is 225 cm³/mol. The number of terminal acetylenes is 2. The highest BCUT2D eigenvalue weighted by Crippen LogP contribution is 2.22. The maximum Gasteiger partial charge on any atom is 0.253 e. The van der Waals surface area contributed by atoms with Gasteiger partial charge in [0.1, 0.15) is 25.6 Å². The number of carbonyl (C=O) groups is 2. The summed E-state index contributed by atoms with van der Waals surface area (Å²) < 4.78 is 74.5. The van der Waals surface area contributed by atoms with Gasteiger partial charge in [-0.05, 0) is 28.8 Å². The summed E-state index contributed by atoms with van der Waals surface area (Å²) in [5, 5.41) is 35.8. The topological polar surface area (TPSA) is 296 Å². The molecule has 1 heterocycles. The number of azide groups is 1. The van der Waals surface area contributed by atoms with Crippen LogP contribution in [0.2, 0.25) is 0 Å². The fourth-order valence-electron chi connectivity index (χ4n) is 3.86. The van der Waals surface area contributed by atoms with E-state index in [9.17, 15) is 45.4 Å². The minimum Gasteiger partial charge on any atom is -0.386 e. The van der Waals surface area contributed by atoms with Crippen molar-refractivity contribution in [2.45, 2.75) is 40.5 Å². The third-order valence-corrected chi connectivity index (χ3v) is 8.78. The summed E-state index contributed by atoms with van der Waals surface area (Å²) in [5.41, 5.74) is 15.1. The lowest BCUT2D eigenvalue weighted by Gasteiger charge is -2.22. The SMILES string of the molecule is C#CCN.C#CCNS(C)(=O)=O.CS(=O)(=O)NCc1cn(-c2ccc([C@@H](O)[C@@H](CF)NC(=O)C(Cl)Cl)cc2)nn1.[N-]=[N+]=Nc1ccc([C@@H](O)[C@@H](CF)NC(=O)C(Cl)Cl)cc1. The fraction of sp³-hybridized carbons (Fsp3) is 0.394. The Labute approximate surface area is 365 Å². The average molecular weight is 964 g/mol. The first-order valence-electron chi connectivity index (χ1n) is 16.4. The molecule has 2 amide bonds. The molecule has 3 aromatic rings. The van der Waals surface area contributed by atoms with Crippen LogP contribution in [0.4, 0.5) is 14.5 Å². The lowest BCUT2D eigenvalue weighted by atomic mass is 10.0. The second kappa shape index (κ2) is 29.0. The number of hydrogen-bond acceptors (Lipinski definition) is 12. The van der Waals surface area contributed by atoms with Gasteiger partial charge in [-0.25, -0.2) is 39.7 Å². The second-order valence-corrected chi connectivity index (χ2v) is 17.2. The number of halogens is 6. The molecule has 1 aromatic heterocycles. The van der Waals surface area contributed by atoms with Crippen LogP contribution in [0.15, 0.2) is 59.8 Å². The van der Waals surface area contributed by atoms with Gasteiger partial charge in [0.2, 0.25) is 20.0 Å². The molecule has 60 heavy (non-hydrogen) atoms. The van der Waals surface area contributed by atoms with Crippen molar-refractivity contribution in [3.05, 3.63) is 82.0 Å². The van der Waals surface area contributed by atoms with Crippen LogP contribution >= 0.6 is 46.4 Å². The van der Waals surface area contributed by atoms with Crippen molar-refractivity contribution >= 4 is 84.0 Å². The summed E-state index contributed by atoms with van der Waals surface area (Å²) in [6.45, 7) is -1.60. The zero-order valence-corrected chi connectivity index (χ0v) is 36.2. The molecule has 0 fully saturated rings. The highest BCUT2D eigenvalue weighted by Gasteiger charge is 2.26. The number of rotatable bonds is 17. The third kappa shape index (κ3) is 23.5. The number of nitrogens with zero attached hydrogens (tertiary/aromatic N) is 6. The molecule has 0 saturated carbocycles. The van der Waals surface area contributed by atoms with Gasteiger partial charge in [-0.15, -0.1) is 17.9 Å². The van der Waals surface area contributed by atoms with Gasteiger partial charge in [0, 0.05) is 10.6 Å². The van der Waals surface area contributed by atoms with Gasteiger partial charge in [-0.3, -0.25) is 9.59 Å². The normalized spacial score (nSPS) is 12.8. The van der Waals surface area contributed by atoms with Gasteiger partial charge >= 0.3 is 0 Å². The summed E-state index contributed by atoms with van der Waals surface area (Å²) in [4.78, 5) is 22.7. The number of sulfonamides is 2. The van der Waals surface area contributed by atoms with Crippen LogP contribution in [0, 0.1) is 24.7 Å². The first-order chi connectivity index (χ1) is 28.1. The van der Waals surface area contributed by atoms with E-state index in [0.717, 1.165) is 12.5 Å². The average Bonchev–Trinajstić information content (AvgIpc) is 3.69. The molecule has 330 valence electrons. The van der Waals surface area contributed by atoms with Gasteiger partial charge < -0.3 is 26.6 Å². The molecule has 8 N–H and O–H groups in total. The lowest BCUT2D eigenvalue weighted by Crippen LogP contribution is -2.43. The zero-order chi connectivity index (χ0) is 46.1.